The minimum Gasteiger partial charge on any atom is -0.303 e. The lowest BCUT2D eigenvalue weighted by Gasteiger charge is -2.28. The van der Waals surface area contributed by atoms with Gasteiger partial charge in [-0.2, -0.15) is 0 Å². The highest BCUT2D eigenvalue weighted by molar-refractivity contribution is 6.44. The molecule has 1 unspecified atom stereocenters. The second-order valence-corrected chi connectivity index (χ2v) is 6.20. The molecule has 2 heteroatoms. The third-order valence-electron chi connectivity index (χ3n) is 3.27. The Kier molecular flexibility index (Phi) is 6.20. The zero-order valence-corrected chi connectivity index (χ0v) is 11.3. The van der Waals surface area contributed by atoms with Crippen LogP contribution in [-0.4, -0.2) is 33.2 Å². The molecule has 14 heavy (non-hydrogen) atoms. The molecule has 0 aliphatic carbocycles. The highest BCUT2D eigenvalue weighted by Gasteiger charge is 2.16. The number of hydrogen-bond acceptors (Lipinski definition) is 1. The normalized spacial score (nSPS) is 23.3. The van der Waals surface area contributed by atoms with Crippen molar-refractivity contribution in [1.82, 2.24) is 4.90 Å². The molecule has 82 valence electrons. The molecule has 0 bridgehead atoms. The van der Waals surface area contributed by atoms with E-state index in [1.807, 2.05) is 0 Å². The van der Waals surface area contributed by atoms with Crippen molar-refractivity contribution in [2.45, 2.75) is 51.6 Å². The third kappa shape index (κ3) is 3.97. The summed E-state index contributed by atoms with van der Waals surface area (Å²) in [6.07, 6.45) is 9.38. The maximum absolute atomic E-state index is 2.76. The number of nitrogens with zero attached hydrogens (tertiary/aromatic N) is 1. The van der Waals surface area contributed by atoms with Crippen molar-refractivity contribution in [2.75, 3.05) is 13.1 Å². The van der Waals surface area contributed by atoms with Crippen molar-refractivity contribution in [3.8, 4) is 0 Å². The molecule has 0 aromatic heterocycles. The zero-order valence-electron chi connectivity index (χ0n) is 9.84. The highest BCUT2D eigenvalue weighted by atomic mass is 28.2. The first kappa shape index (κ1) is 12.0. The average Bonchev–Trinajstić information content (AvgIpc) is 2.48. The Bertz CT molecular complexity index is 160. The van der Waals surface area contributed by atoms with E-state index in [1.54, 1.807) is 0 Å². The first-order valence-electron chi connectivity index (χ1n) is 6.23. The molecule has 1 atom stereocenters. The fourth-order valence-corrected chi connectivity index (χ4v) is 3.91. The van der Waals surface area contributed by atoms with Crippen LogP contribution in [-0.2, 0) is 0 Å². The Morgan fingerprint density at radius 3 is 2.36 bits per heavy atom. The molecule has 0 aromatic carbocycles. The van der Waals surface area contributed by atoms with E-state index in [1.165, 1.54) is 45.2 Å². The van der Waals surface area contributed by atoms with Crippen LogP contribution >= 0.6 is 0 Å². The Morgan fingerprint density at radius 2 is 1.86 bits per heavy atom. The highest BCUT2D eigenvalue weighted by Crippen LogP contribution is 2.13. The van der Waals surface area contributed by atoms with Gasteiger partial charge in [0.05, 0.1) is 9.52 Å². The van der Waals surface area contributed by atoms with E-state index in [0.29, 0.717) is 0 Å². The van der Waals surface area contributed by atoms with Crippen LogP contribution in [0.1, 0.15) is 46.0 Å². The van der Waals surface area contributed by atoms with Gasteiger partial charge in [0.15, 0.2) is 0 Å². The quantitative estimate of drug-likeness (QED) is 0.645. The molecule has 1 rings (SSSR count). The Morgan fingerprint density at radius 1 is 1.21 bits per heavy atom. The van der Waals surface area contributed by atoms with E-state index in [2.05, 4.69) is 30.5 Å². The van der Waals surface area contributed by atoms with Gasteiger partial charge in [-0.05, 0) is 39.3 Å². The van der Waals surface area contributed by atoms with E-state index >= 15 is 0 Å². The van der Waals surface area contributed by atoms with Crippen molar-refractivity contribution in [3.05, 3.63) is 11.8 Å². The summed E-state index contributed by atoms with van der Waals surface area (Å²) in [7, 11) is 0.0103. The van der Waals surface area contributed by atoms with Gasteiger partial charge in [-0.25, -0.2) is 0 Å². The van der Waals surface area contributed by atoms with Crippen molar-refractivity contribution < 1.29 is 0 Å². The second-order valence-electron chi connectivity index (χ2n) is 4.32. The summed E-state index contributed by atoms with van der Waals surface area (Å²) in [6, 6.07) is 0. The van der Waals surface area contributed by atoms with Crippen LogP contribution in [0.3, 0.4) is 0 Å². The van der Waals surface area contributed by atoms with Crippen molar-refractivity contribution >= 4 is 9.52 Å². The predicted molar refractivity (Wildman–Crippen MR) is 67.5 cm³/mol. The topological polar surface area (TPSA) is 3.24 Å². The molecule has 0 amide bonds. The van der Waals surface area contributed by atoms with Gasteiger partial charge >= 0.3 is 0 Å². The molecule has 0 spiro atoms. The predicted octanol–water partition coefficient (Wildman–Crippen LogP) is 2.30. The van der Waals surface area contributed by atoms with Gasteiger partial charge in [0.2, 0.25) is 0 Å². The molecule has 1 fully saturated rings. The molecule has 0 N–H and O–H groups in total. The number of allylic oxidation sites excluding steroid dienone is 1. The minimum absolute atomic E-state index is 0.0103. The van der Waals surface area contributed by atoms with Crippen LogP contribution in [0, 0.1) is 0 Å². The van der Waals surface area contributed by atoms with E-state index < -0.39 is 0 Å². The van der Waals surface area contributed by atoms with Crippen LogP contribution in [0.25, 0.3) is 0 Å². The first-order chi connectivity index (χ1) is 6.88. The molecule has 1 saturated heterocycles. The fraction of sp³-hybridized carbons (Fsp3) is 0.833. The van der Waals surface area contributed by atoms with Crippen LogP contribution in [0.2, 0.25) is 0 Å². The lowest BCUT2D eigenvalue weighted by molar-refractivity contribution is 0.254. The minimum atomic E-state index is 0.0103. The van der Waals surface area contributed by atoms with Crippen LogP contribution in [0.15, 0.2) is 11.8 Å². The van der Waals surface area contributed by atoms with Gasteiger partial charge in [0, 0.05) is 5.67 Å². The molecule has 1 aliphatic rings. The van der Waals surface area contributed by atoms with Crippen LogP contribution in [0.5, 0.6) is 0 Å². The number of likely N-dealkylation sites (tertiary alicyclic amines) is 1. The Hall–Kier alpha value is -0.0831. The summed E-state index contributed by atoms with van der Waals surface area (Å²) in [6.45, 7) is 7.24. The summed E-state index contributed by atoms with van der Waals surface area (Å²) >= 11 is 0. The fourth-order valence-electron chi connectivity index (χ4n) is 2.33. The molecule has 1 nitrogen and oxygen atoms in total. The molecule has 0 radical (unpaired) electrons. The molecule has 0 aromatic rings. The summed E-state index contributed by atoms with van der Waals surface area (Å²) in [4.78, 5) is 2.76. The molecule has 1 heterocycles. The van der Waals surface area contributed by atoms with Gasteiger partial charge in [0.1, 0.15) is 0 Å². The average molecular weight is 211 g/mol. The van der Waals surface area contributed by atoms with Crippen LogP contribution in [0.4, 0.5) is 0 Å². The summed E-state index contributed by atoms with van der Waals surface area (Å²) in [5.41, 5.74) is 3.39. The largest absolute Gasteiger partial charge is 0.303 e. The van der Waals surface area contributed by atoms with E-state index in [-0.39, 0.29) is 9.52 Å². The third-order valence-corrected chi connectivity index (χ3v) is 5.65. The molecular formula is C12H25NSi. The summed E-state index contributed by atoms with van der Waals surface area (Å²) in [5, 5.41) is 0. The van der Waals surface area contributed by atoms with Crippen molar-refractivity contribution in [1.29, 1.82) is 0 Å². The molecule has 1 aliphatic heterocycles. The van der Waals surface area contributed by atoms with Gasteiger partial charge in [-0.15, -0.1) is 5.70 Å². The van der Waals surface area contributed by atoms with Crippen molar-refractivity contribution in [3.63, 3.8) is 0 Å². The maximum Gasteiger partial charge on any atom is 0.0646 e. The standard InChI is InChI=1S/C12H25NSi/c1-3-11-14-12(4-2)13-9-7-5-6-8-10-13/h3,11-12H,4-10,14H2,1-2H3. The summed E-state index contributed by atoms with van der Waals surface area (Å²) < 4.78 is 0. The second kappa shape index (κ2) is 7.24. The van der Waals surface area contributed by atoms with Gasteiger partial charge in [-0.3, -0.25) is 0 Å². The monoisotopic (exact) mass is 211 g/mol. The molecule has 0 saturated carbocycles. The lowest BCUT2D eigenvalue weighted by atomic mass is 10.2. The van der Waals surface area contributed by atoms with E-state index in [0.717, 1.165) is 5.67 Å². The van der Waals surface area contributed by atoms with Gasteiger partial charge < -0.3 is 4.90 Å². The van der Waals surface area contributed by atoms with E-state index in [9.17, 15) is 0 Å². The summed E-state index contributed by atoms with van der Waals surface area (Å²) in [5.74, 6) is 0. The Labute approximate surface area is 91.4 Å². The lowest BCUT2D eigenvalue weighted by Crippen LogP contribution is -2.39. The van der Waals surface area contributed by atoms with Gasteiger partial charge in [-0.1, -0.05) is 25.8 Å². The zero-order chi connectivity index (χ0) is 10.2. The smallest absolute Gasteiger partial charge is 0.0646 e. The SMILES string of the molecule is CC=C[SiH2]C(CC)N1CCCCCC1. The first-order valence-corrected chi connectivity index (χ1v) is 7.87. The maximum atomic E-state index is 2.76. The Balaban J connectivity index is 2.39. The number of rotatable bonds is 4. The van der Waals surface area contributed by atoms with Crippen molar-refractivity contribution in [2.24, 2.45) is 0 Å². The van der Waals surface area contributed by atoms with Crippen LogP contribution < -0.4 is 0 Å². The van der Waals surface area contributed by atoms with E-state index in [4.69, 9.17) is 0 Å². The number of hydrogen-bond donors (Lipinski definition) is 0. The van der Waals surface area contributed by atoms with Gasteiger partial charge in [0.25, 0.3) is 0 Å². The molecular weight excluding hydrogens is 186 g/mol.